The maximum Gasteiger partial charge on any atom is 0.260 e. The van der Waals surface area contributed by atoms with Crippen LogP contribution in [-0.2, 0) is 6.54 Å². The molecule has 0 unspecified atom stereocenters. The molecule has 0 N–H and O–H groups in total. The normalized spacial score (nSPS) is 11.0. The lowest BCUT2D eigenvalue weighted by Gasteiger charge is -2.20. The molecule has 0 saturated carbocycles. The monoisotopic (exact) mass is 384 g/mol. The lowest BCUT2D eigenvalue weighted by Crippen LogP contribution is -2.34. The van der Waals surface area contributed by atoms with Gasteiger partial charge in [-0.3, -0.25) is 14.4 Å². The maximum absolute atomic E-state index is 14.0. The number of anilines is 1. The summed E-state index contributed by atoms with van der Waals surface area (Å²) in [4.78, 5) is 18.8. The minimum atomic E-state index is -0.497. The number of nitrogens with zero attached hydrogens (tertiary/aromatic N) is 4. The average Bonchev–Trinajstić information content (AvgIpc) is 3.32. The van der Waals surface area contributed by atoms with Crippen LogP contribution in [0.5, 0.6) is 0 Å². The van der Waals surface area contributed by atoms with Crippen molar-refractivity contribution < 1.29 is 13.6 Å². The van der Waals surface area contributed by atoms with Crippen molar-refractivity contribution in [2.75, 3.05) is 11.4 Å². The van der Waals surface area contributed by atoms with Crippen molar-refractivity contribution in [3.8, 4) is 0 Å². The summed E-state index contributed by atoms with van der Waals surface area (Å²) >= 11 is 1.21. The molecule has 0 atom stereocenters. The number of carbonyl (C=O) groups is 1. The number of aromatic nitrogens is 3. The summed E-state index contributed by atoms with van der Waals surface area (Å²) in [7, 11) is 0. The van der Waals surface area contributed by atoms with Gasteiger partial charge >= 0.3 is 0 Å². The minimum Gasteiger partial charge on any atom is -0.282 e. The standard InChI is InChI=1S/C19H14F2N4OS/c20-14-5-1-4-13(12-14)18(26)25(11-10-24-9-3-8-22-24)19-23-17-15(21)6-2-7-16(17)27-19/h1-9,12H,10-11H2. The molecular weight excluding hydrogens is 370 g/mol. The summed E-state index contributed by atoms with van der Waals surface area (Å²) in [5.41, 5.74) is 0.420. The molecule has 0 fully saturated rings. The van der Waals surface area contributed by atoms with Crippen LogP contribution in [-0.4, -0.2) is 27.2 Å². The van der Waals surface area contributed by atoms with Gasteiger partial charge in [-0.05, 0) is 36.4 Å². The van der Waals surface area contributed by atoms with Crippen LogP contribution in [0.1, 0.15) is 10.4 Å². The Morgan fingerprint density at radius 1 is 1.15 bits per heavy atom. The number of carbonyl (C=O) groups excluding carboxylic acids is 1. The molecule has 0 aliphatic heterocycles. The molecule has 0 spiro atoms. The first kappa shape index (κ1) is 17.3. The number of halogens is 2. The molecule has 5 nitrogen and oxygen atoms in total. The fourth-order valence-electron chi connectivity index (χ4n) is 2.72. The van der Waals surface area contributed by atoms with E-state index in [1.165, 1.54) is 40.5 Å². The molecule has 4 aromatic rings. The number of hydrogen-bond donors (Lipinski definition) is 0. The van der Waals surface area contributed by atoms with Gasteiger partial charge < -0.3 is 0 Å². The summed E-state index contributed by atoms with van der Waals surface area (Å²) in [5, 5.41) is 4.48. The zero-order valence-electron chi connectivity index (χ0n) is 14.0. The Morgan fingerprint density at radius 2 is 2.00 bits per heavy atom. The molecule has 27 heavy (non-hydrogen) atoms. The van der Waals surface area contributed by atoms with Crippen molar-refractivity contribution in [1.29, 1.82) is 0 Å². The number of fused-ring (bicyclic) bond motifs is 1. The fourth-order valence-corrected chi connectivity index (χ4v) is 3.72. The van der Waals surface area contributed by atoms with Gasteiger partial charge in [0.1, 0.15) is 17.2 Å². The summed E-state index contributed by atoms with van der Waals surface area (Å²) in [6.45, 7) is 0.685. The van der Waals surface area contributed by atoms with Gasteiger partial charge in [-0.1, -0.05) is 23.5 Å². The second-order valence-corrected chi connectivity index (χ2v) is 6.83. The number of para-hydroxylation sites is 1. The predicted octanol–water partition coefficient (Wildman–Crippen LogP) is 4.12. The van der Waals surface area contributed by atoms with Gasteiger partial charge in [0.05, 0.1) is 11.2 Å². The van der Waals surface area contributed by atoms with Crippen molar-refractivity contribution in [3.05, 3.63) is 78.1 Å². The van der Waals surface area contributed by atoms with Gasteiger partial charge in [0.15, 0.2) is 5.13 Å². The zero-order chi connectivity index (χ0) is 18.8. The first-order valence-electron chi connectivity index (χ1n) is 8.22. The number of thiazole rings is 1. The van der Waals surface area contributed by atoms with Crippen LogP contribution in [0.2, 0.25) is 0 Å². The molecule has 4 rings (SSSR count). The second kappa shape index (κ2) is 7.24. The van der Waals surface area contributed by atoms with E-state index in [0.717, 1.165) is 0 Å². The van der Waals surface area contributed by atoms with Crippen molar-refractivity contribution in [3.63, 3.8) is 0 Å². The summed E-state index contributed by atoms with van der Waals surface area (Å²) in [5.74, 6) is -1.34. The Bertz CT molecular complexity index is 1090. The molecule has 0 aliphatic rings. The third kappa shape index (κ3) is 3.56. The van der Waals surface area contributed by atoms with E-state index in [9.17, 15) is 13.6 Å². The van der Waals surface area contributed by atoms with Gasteiger partial charge in [-0.15, -0.1) is 0 Å². The average molecular weight is 384 g/mol. The van der Waals surface area contributed by atoms with E-state index < -0.39 is 17.5 Å². The van der Waals surface area contributed by atoms with Gasteiger partial charge in [-0.2, -0.15) is 5.10 Å². The Hall–Kier alpha value is -3.13. The van der Waals surface area contributed by atoms with Crippen LogP contribution in [0.3, 0.4) is 0 Å². The number of amides is 1. The zero-order valence-corrected chi connectivity index (χ0v) is 14.9. The van der Waals surface area contributed by atoms with E-state index in [2.05, 4.69) is 10.1 Å². The Morgan fingerprint density at radius 3 is 2.74 bits per heavy atom. The first-order valence-corrected chi connectivity index (χ1v) is 9.03. The van der Waals surface area contributed by atoms with E-state index in [1.807, 2.05) is 0 Å². The molecule has 2 aromatic carbocycles. The van der Waals surface area contributed by atoms with Gasteiger partial charge in [0.2, 0.25) is 0 Å². The molecule has 0 radical (unpaired) electrons. The maximum atomic E-state index is 14.0. The molecule has 2 aromatic heterocycles. The van der Waals surface area contributed by atoms with Crippen molar-refractivity contribution in [2.24, 2.45) is 0 Å². The lowest BCUT2D eigenvalue weighted by molar-refractivity contribution is 0.0985. The third-order valence-corrected chi connectivity index (χ3v) is 5.06. The fraction of sp³-hybridized carbons (Fsp3) is 0.105. The Balaban J connectivity index is 1.72. The highest BCUT2D eigenvalue weighted by molar-refractivity contribution is 7.22. The van der Waals surface area contributed by atoms with Crippen molar-refractivity contribution >= 4 is 32.6 Å². The third-order valence-electron chi connectivity index (χ3n) is 4.02. The van der Waals surface area contributed by atoms with Crippen LogP contribution < -0.4 is 4.90 Å². The first-order chi connectivity index (χ1) is 13.1. The van der Waals surface area contributed by atoms with Crippen molar-refractivity contribution in [1.82, 2.24) is 14.8 Å². The van der Waals surface area contributed by atoms with Gasteiger partial charge in [0.25, 0.3) is 5.91 Å². The molecule has 0 aliphatic carbocycles. The highest BCUT2D eigenvalue weighted by Gasteiger charge is 2.22. The highest BCUT2D eigenvalue weighted by atomic mass is 32.1. The van der Waals surface area contributed by atoms with Crippen LogP contribution in [0.15, 0.2) is 60.9 Å². The lowest BCUT2D eigenvalue weighted by atomic mass is 10.2. The summed E-state index contributed by atoms with van der Waals surface area (Å²) in [6, 6.07) is 11.9. The van der Waals surface area contributed by atoms with E-state index in [4.69, 9.17) is 0 Å². The smallest absolute Gasteiger partial charge is 0.260 e. The van der Waals surface area contributed by atoms with Crippen LogP contribution in [0, 0.1) is 11.6 Å². The Labute approximate surface area is 157 Å². The topological polar surface area (TPSA) is 51.0 Å². The molecule has 0 bridgehead atoms. The number of rotatable bonds is 5. The largest absolute Gasteiger partial charge is 0.282 e. The van der Waals surface area contributed by atoms with E-state index in [1.54, 1.807) is 41.3 Å². The molecule has 8 heteroatoms. The summed E-state index contributed by atoms with van der Waals surface area (Å²) < 4.78 is 29.9. The Kier molecular flexibility index (Phi) is 4.64. The second-order valence-electron chi connectivity index (χ2n) is 5.82. The SMILES string of the molecule is O=C(c1cccc(F)c1)N(CCn1cccn1)c1nc2c(F)cccc2s1. The minimum absolute atomic E-state index is 0.204. The summed E-state index contributed by atoms with van der Waals surface area (Å²) in [6.07, 6.45) is 3.43. The molecule has 1 amide bonds. The predicted molar refractivity (Wildman–Crippen MR) is 99.9 cm³/mol. The van der Waals surface area contributed by atoms with E-state index in [-0.39, 0.29) is 17.6 Å². The van der Waals surface area contributed by atoms with Crippen LogP contribution in [0.4, 0.5) is 13.9 Å². The molecular formula is C19H14F2N4OS. The highest BCUT2D eigenvalue weighted by Crippen LogP contribution is 2.31. The molecule has 2 heterocycles. The van der Waals surface area contributed by atoms with Crippen LogP contribution >= 0.6 is 11.3 Å². The van der Waals surface area contributed by atoms with Crippen LogP contribution in [0.25, 0.3) is 10.2 Å². The molecule has 136 valence electrons. The number of benzene rings is 2. The molecule has 0 saturated heterocycles. The number of hydrogen-bond acceptors (Lipinski definition) is 4. The van der Waals surface area contributed by atoms with E-state index in [0.29, 0.717) is 16.4 Å². The quantitative estimate of drug-likeness (QED) is 0.520. The van der Waals surface area contributed by atoms with Crippen molar-refractivity contribution in [2.45, 2.75) is 6.54 Å². The van der Waals surface area contributed by atoms with Gasteiger partial charge in [-0.25, -0.2) is 13.8 Å². The van der Waals surface area contributed by atoms with E-state index >= 15 is 0 Å². The van der Waals surface area contributed by atoms with Gasteiger partial charge in [0, 0.05) is 24.5 Å².